The van der Waals surface area contributed by atoms with Crippen molar-refractivity contribution in [3.63, 3.8) is 0 Å². The molecule has 0 bridgehead atoms. The van der Waals surface area contributed by atoms with Gasteiger partial charge in [-0.2, -0.15) is 13.2 Å². The Bertz CT molecular complexity index is 3480. The first-order chi connectivity index (χ1) is 33.8. The van der Waals surface area contributed by atoms with Gasteiger partial charge in [0.2, 0.25) is 0 Å². The normalized spacial score (nSPS) is 12.7. The van der Waals surface area contributed by atoms with Gasteiger partial charge in [-0.15, -0.1) is 0 Å². The molecular formula is C65H64F3N3O. The molecule has 72 heavy (non-hydrogen) atoms. The van der Waals surface area contributed by atoms with Crippen LogP contribution in [0, 0.1) is 0 Å². The number of aromatic hydroxyl groups is 1. The van der Waals surface area contributed by atoms with Crippen molar-refractivity contribution >= 4 is 11.0 Å². The molecule has 0 saturated carbocycles. The van der Waals surface area contributed by atoms with Crippen LogP contribution in [0.4, 0.5) is 13.2 Å². The maximum Gasteiger partial charge on any atom is 0.417 e. The number of hydrogen-bond acceptors (Lipinski definition) is 3. The van der Waals surface area contributed by atoms with Crippen LogP contribution in [0.15, 0.2) is 164 Å². The highest BCUT2D eigenvalue weighted by atomic mass is 19.4. The molecule has 1 N–H and O–H groups in total. The summed E-state index contributed by atoms with van der Waals surface area (Å²) in [7, 11) is 0. The highest BCUT2D eigenvalue weighted by Crippen LogP contribution is 2.47. The number of phenols is 1. The summed E-state index contributed by atoms with van der Waals surface area (Å²) in [6, 6.07) is 51.4. The van der Waals surface area contributed by atoms with Gasteiger partial charge in [0.25, 0.3) is 0 Å². The zero-order valence-corrected chi connectivity index (χ0v) is 43.5. The number of phenolic OH excluding ortho intramolecular Hbond substituents is 1. The summed E-state index contributed by atoms with van der Waals surface area (Å²) in [5, 5.41) is 12.6. The summed E-state index contributed by atoms with van der Waals surface area (Å²) in [6.45, 7) is 26.4. The molecule has 0 unspecified atom stereocenters. The minimum Gasteiger partial charge on any atom is -0.507 e. The summed E-state index contributed by atoms with van der Waals surface area (Å²) >= 11 is 0. The van der Waals surface area contributed by atoms with Crippen molar-refractivity contribution in [2.24, 2.45) is 0 Å². The Kier molecular flexibility index (Phi) is 12.5. The van der Waals surface area contributed by atoms with Gasteiger partial charge in [-0.3, -0.25) is 9.55 Å². The number of hydrogen-bond donors (Lipinski definition) is 1. The molecule has 366 valence electrons. The average Bonchev–Trinajstić information content (AvgIpc) is 3.72. The average molecular weight is 960 g/mol. The fourth-order valence-corrected chi connectivity index (χ4v) is 9.57. The first kappa shape index (κ1) is 49.7. The molecule has 4 nitrogen and oxygen atoms in total. The van der Waals surface area contributed by atoms with Gasteiger partial charge < -0.3 is 5.11 Å². The highest BCUT2D eigenvalue weighted by Gasteiger charge is 2.34. The van der Waals surface area contributed by atoms with Crippen molar-refractivity contribution in [1.29, 1.82) is 0 Å². The molecule has 0 saturated heterocycles. The molecular weight excluding hydrogens is 896 g/mol. The van der Waals surface area contributed by atoms with E-state index in [1.807, 2.05) is 30.3 Å². The van der Waals surface area contributed by atoms with Crippen molar-refractivity contribution in [3.8, 4) is 78.6 Å². The molecule has 0 fully saturated rings. The van der Waals surface area contributed by atoms with Crippen molar-refractivity contribution < 1.29 is 18.3 Å². The molecule has 0 atom stereocenters. The molecule has 0 spiro atoms. The molecule has 9 aromatic rings. The van der Waals surface area contributed by atoms with Crippen molar-refractivity contribution in [2.45, 2.75) is 111 Å². The van der Waals surface area contributed by atoms with Gasteiger partial charge in [0.15, 0.2) is 0 Å². The predicted octanol–water partition coefficient (Wildman–Crippen LogP) is 18.3. The van der Waals surface area contributed by atoms with E-state index in [2.05, 4.69) is 179 Å². The number of nitrogens with zero attached hydrogens (tertiary/aromatic N) is 3. The number of fused-ring (bicyclic) bond motifs is 1. The summed E-state index contributed by atoms with van der Waals surface area (Å²) in [5.41, 5.74) is 14.1. The van der Waals surface area contributed by atoms with E-state index in [0.717, 1.165) is 84.1 Å². The molecule has 2 aromatic heterocycles. The lowest BCUT2D eigenvalue weighted by molar-refractivity contribution is -0.137. The standard InChI is InChI=1S/C65H64F3N3O/c1-61(2,3)46-29-30-56(51(37-46)41-19-14-13-15-20-41)71-57-24-18-22-50(58(57)70-60(71)52-38-48(63(7,8)9)39-54(59(52)72)64(10,11)12)44-33-45(35-47(34-44)62(4,5)6)55-36-43(31-32-69-55)40-25-27-42(28-26-40)49-21-16-17-23-53(49)65(66,67)68/h13-39,72H,1-12H3. The lowest BCUT2D eigenvalue weighted by atomic mass is 9.79. The largest absolute Gasteiger partial charge is 0.507 e. The third-order valence-electron chi connectivity index (χ3n) is 13.8. The Morgan fingerprint density at radius 3 is 1.65 bits per heavy atom. The van der Waals surface area contributed by atoms with E-state index in [-0.39, 0.29) is 33.0 Å². The fourth-order valence-electron chi connectivity index (χ4n) is 9.57. The van der Waals surface area contributed by atoms with Gasteiger partial charge in [-0.05, 0) is 126 Å². The number of imidazole rings is 1. The van der Waals surface area contributed by atoms with Gasteiger partial charge >= 0.3 is 6.18 Å². The highest BCUT2D eigenvalue weighted by molar-refractivity contribution is 5.98. The van der Waals surface area contributed by atoms with E-state index < -0.39 is 11.7 Å². The lowest BCUT2D eigenvalue weighted by Crippen LogP contribution is -2.17. The van der Waals surface area contributed by atoms with Crippen molar-refractivity contribution in [3.05, 3.63) is 192 Å². The van der Waals surface area contributed by atoms with Crippen LogP contribution in [0.2, 0.25) is 0 Å². The van der Waals surface area contributed by atoms with Crippen LogP contribution in [0.1, 0.15) is 111 Å². The van der Waals surface area contributed by atoms with Crippen LogP contribution in [-0.4, -0.2) is 19.6 Å². The zero-order valence-electron chi connectivity index (χ0n) is 43.5. The summed E-state index contributed by atoms with van der Waals surface area (Å²) in [5.74, 6) is 0.853. The number of para-hydroxylation sites is 1. The molecule has 0 aliphatic carbocycles. The number of rotatable bonds is 7. The zero-order chi connectivity index (χ0) is 51.7. The lowest BCUT2D eigenvalue weighted by Gasteiger charge is -2.28. The maximum absolute atomic E-state index is 14.0. The molecule has 7 heteroatoms. The minimum absolute atomic E-state index is 0.114. The molecule has 0 aliphatic heterocycles. The Morgan fingerprint density at radius 1 is 0.417 bits per heavy atom. The van der Waals surface area contributed by atoms with Crippen LogP contribution in [0.3, 0.4) is 0 Å². The van der Waals surface area contributed by atoms with E-state index in [4.69, 9.17) is 9.97 Å². The molecule has 7 aromatic carbocycles. The van der Waals surface area contributed by atoms with Crippen LogP contribution in [0.5, 0.6) is 5.75 Å². The number of pyridine rings is 1. The van der Waals surface area contributed by atoms with E-state index in [0.29, 0.717) is 17.0 Å². The SMILES string of the molecule is CC(C)(C)c1cc(-c2cc(-c3ccc(-c4ccccc4C(F)(F)F)cc3)ccn2)cc(-c2cccc3c2nc(-c2cc(C(C)(C)C)cc(C(C)(C)C)c2O)n3-c2ccc(C(C)(C)C)cc2-c2ccccc2)c1. The third-order valence-corrected chi connectivity index (χ3v) is 13.8. The van der Waals surface area contributed by atoms with Crippen LogP contribution in [-0.2, 0) is 27.8 Å². The van der Waals surface area contributed by atoms with Gasteiger partial charge in [-0.25, -0.2) is 4.98 Å². The third kappa shape index (κ3) is 9.74. The number of aromatic nitrogens is 3. The smallest absolute Gasteiger partial charge is 0.417 e. The number of halogens is 3. The van der Waals surface area contributed by atoms with Gasteiger partial charge in [0.1, 0.15) is 11.6 Å². The Hall–Kier alpha value is -7.25. The van der Waals surface area contributed by atoms with E-state index >= 15 is 0 Å². The molecule has 2 heterocycles. The second-order valence-corrected chi connectivity index (χ2v) is 23.3. The topological polar surface area (TPSA) is 50.9 Å². The number of alkyl halides is 3. The second kappa shape index (κ2) is 18.1. The van der Waals surface area contributed by atoms with Gasteiger partial charge in [0.05, 0.1) is 33.5 Å². The molecule has 0 aliphatic rings. The molecule has 9 rings (SSSR count). The van der Waals surface area contributed by atoms with Crippen LogP contribution < -0.4 is 0 Å². The van der Waals surface area contributed by atoms with E-state index in [1.54, 1.807) is 24.4 Å². The fraction of sp³-hybridized carbons (Fsp3) is 0.262. The first-order valence-electron chi connectivity index (χ1n) is 24.8. The van der Waals surface area contributed by atoms with Crippen molar-refractivity contribution in [1.82, 2.24) is 14.5 Å². The maximum atomic E-state index is 14.0. The summed E-state index contributed by atoms with van der Waals surface area (Å²) < 4.78 is 44.1. The Balaban J connectivity index is 1.27. The van der Waals surface area contributed by atoms with E-state index in [9.17, 15) is 18.3 Å². The van der Waals surface area contributed by atoms with Gasteiger partial charge in [-0.1, -0.05) is 186 Å². The Labute approximate surface area is 423 Å². The van der Waals surface area contributed by atoms with Crippen molar-refractivity contribution in [2.75, 3.05) is 0 Å². The molecule has 0 radical (unpaired) electrons. The Morgan fingerprint density at radius 2 is 1.00 bits per heavy atom. The summed E-state index contributed by atoms with van der Waals surface area (Å²) in [4.78, 5) is 10.6. The minimum atomic E-state index is -4.47. The van der Waals surface area contributed by atoms with Crippen LogP contribution >= 0.6 is 0 Å². The number of benzene rings is 7. The monoisotopic (exact) mass is 960 g/mol. The second-order valence-electron chi connectivity index (χ2n) is 23.3. The van der Waals surface area contributed by atoms with Gasteiger partial charge in [0, 0.05) is 28.5 Å². The van der Waals surface area contributed by atoms with Crippen LogP contribution in [0.25, 0.3) is 83.9 Å². The molecule has 0 amide bonds. The van der Waals surface area contributed by atoms with E-state index in [1.165, 1.54) is 17.7 Å². The quantitative estimate of drug-likeness (QED) is 0.173. The summed E-state index contributed by atoms with van der Waals surface area (Å²) in [6.07, 6.45) is -2.68. The first-order valence-corrected chi connectivity index (χ1v) is 24.8. The predicted molar refractivity (Wildman–Crippen MR) is 293 cm³/mol.